The van der Waals surface area contributed by atoms with Crippen LogP contribution in [0.1, 0.15) is 48.2 Å². The van der Waals surface area contributed by atoms with Gasteiger partial charge >= 0.3 is 5.97 Å². The number of methoxy groups -OCH3 is 1. The van der Waals surface area contributed by atoms with Crippen LogP contribution >= 0.6 is 11.3 Å². The molecule has 5 nitrogen and oxygen atoms in total. The van der Waals surface area contributed by atoms with Gasteiger partial charge in [-0.3, -0.25) is 9.69 Å². The number of ether oxygens (including phenoxy) is 1. The zero-order valence-electron chi connectivity index (χ0n) is 13.5. The molecule has 1 N–H and O–H groups in total. The molecule has 126 valence electrons. The van der Waals surface area contributed by atoms with Gasteiger partial charge in [0.25, 0.3) is 0 Å². The highest BCUT2D eigenvalue weighted by Gasteiger charge is 2.34. The average molecular weight is 336 g/mol. The van der Waals surface area contributed by atoms with E-state index in [9.17, 15) is 9.59 Å². The number of fused-ring (bicyclic) bond motifs is 1. The van der Waals surface area contributed by atoms with E-state index >= 15 is 0 Å². The SMILES string of the molecule is COC(=O)c1sccc1NC(=O)CN1CCCC2CCCCC21. The molecule has 1 saturated heterocycles. The van der Waals surface area contributed by atoms with Crippen molar-refractivity contribution in [3.8, 4) is 0 Å². The van der Waals surface area contributed by atoms with E-state index in [1.807, 2.05) is 0 Å². The van der Waals surface area contributed by atoms with E-state index in [0.29, 0.717) is 23.2 Å². The predicted molar refractivity (Wildman–Crippen MR) is 90.8 cm³/mol. The maximum atomic E-state index is 12.4. The van der Waals surface area contributed by atoms with Crippen LogP contribution in [0.2, 0.25) is 0 Å². The smallest absolute Gasteiger partial charge is 0.350 e. The standard InChI is InChI=1S/C17H24N2O3S/c1-22-17(21)16-13(8-10-23-16)18-15(20)11-19-9-4-6-12-5-2-3-7-14(12)19/h8,10,12,14H,2-7,9,11H2,1H3,(H,18,20). The Labute approximate surface area is 141 Å². The third kappa shape index (κ3) is 3.75. The summed E-state index contributed by atoms with van der Waals surface area (Å²) >= 11 is 1.29. The van der Waals surface area contributed by atoms with Gasteiger partial charge in [0.1, 0.15) is 4.88 Å². The second kappa shape index (κ2) is 7.45. The van der Waals surface area contributed by atoms with Crippen LogP contribution in [0.15, 0.2) is 11.4 Å². The number of hydrogen-bond donors (Lipinski definition) is 1. The van der Waals surface area contributed by atoms with Crippen LogP contribution in [0.4, 0.5) is 5.69 Å². The number of thiophene rings is 1. The third-order valence-corrected chi connectivity index (χ3v) is 5.91. The highest BCUT2D eigenvalue weighted by atomic mass is 32.1. The first-order chi connectivity index (χ1) is 11.2. The number of likely N-dealkylation sites (tertiary alicyclic amines) is 1. The fourth-order valence-corrected chi connectivity index (χ4v) is 4.72. The lowest BCUT2D eigenvalue weighted by Crippen LogP contribution is -2.49. The van der Waals surface area contributed by atoms with Gasteiger partial charge in [-0.15, -0.1) is 11.3 Å². The van der Waals surface area contributed by atoms with Gasteiger partial charge in [0.05, 0.1) is 19.3 Å². The van der Waals surface area contributed by atoms with Crippen molar-refractivity contribution in [2.75, 3.05) is 25.5 Å². The number of hydrogen-bond acceptors (Lipinski definition) is 5. The first-order valence-electron chi connectivity index (χ1n) is 8.38. The first kappa shape index (κ1) is 16.5. The number of rotatable bonds is 4. The number of carbonyl (C=O) groups excluding carboxylic acids is 2. The van der Waals surface area contributed by atoms with Crippen molar-refractivity contribution < 1.29 is 14.3 Å². The van der Waals surface area contributed by atoms with E-state index in [0.717, 1.165) is 12.5 Å². The fourth-order valence-electron chi connectivity index (χ4n) is 3.96. The summed E-state index contributed by atoms with van der Waals surface area (Å²) in [6, 6.07) is 2.32. The molecule has 1 saturated carbocycles. The number of anilines is 1. The number of esters is 1. The quantitative estimate of drug-likeness (QED) is 0.858. The largest absolute Gasteiger partial charge is 0.465 e. The lowest BCUT2D eigenvalue weighted by atomic mass is 9.78. The number of nitrogens with zero attached hydrogens (tertiary/aromatic N) is 1. The Morgan fingerprint density at radius 1 is 1.30 bits per heavy atom. The minimum atomic E-state index is -0.402. The summed E-state index contributed by atoms with van der Waals surface area (Å²) in [5.74, 6) is 0.317. The third-order valence-electron chi connectivity index (χ3n) is 5.02. The maximum absolute atomic E-state index is 12.4. The molecule has 1 amide bonds. The molecule has 0 aromatic carbocycles. The van der Waals surface area contributed by atoms with Gasteiger partial charge in [-0.2, -0.15) is 0 Å². The molecule has 2 aliphatic rings. The number of nitrogens with one attached hydrogen (secondary N) is 1. The molecule has 23 heavy (non-hydrogen) atoms. The van der Waals surface area contributed by atoms with Crippen molar-refractivity contribution in [1.29, 1.82) is 0 Å². The molecule has 1 aromatic rings. The molecule has 1 aromatic heterocycles. The summed E-state index contributed by atoms with van der Waals surface area (Å²) in [6.07, 6.45) is 7.61. The van der Waals surface area contributed by atoms with Gasteiger partial charge in [-0.25, -0.2) is 4.79 Å². The second-order valence-electron chi connectivity index (χ2n) is 6.43. The topological polar surface area (TPSA) is 58.6 Å². The van der Waals surface area contributed by atoms with E-state index in [1.165, 1.54) is 57.0 Å². The highest BCUT2D eigenvalue weighted by Crippen LogP contribution is 2.35. The van der Waals surface area contributed by atoms with Crippen LogP contribution in [0, 0.1) is 5.92 Å². The van der Waals surface area contributed by atoms with Gasteiger partial charge in [0, 0.05) is 6.04 Å². The normalized spacial score (nSPS) is 24.7. The maximum Gasteiger partial charge on any atom is 0.350 e. The molecule has 2 unspecified atom stereocenters. The van der Waals surface area contributed by atoms with Crippen LogP contribution in [0.5, 0.6) is 0 Å². The van der Waals surface area contributed by atoms with Gasteiger partial charge in [0.15, 0.2) is 0 Å². The molecular weight excluding hydrogens is 312 g/mol. The summed E-state index contributed by atoms with van der Waals surface area (Å²) in [7, 11) is 1.35. The molecule has 0 spiro atoms. The van der Waals surface area contributed by atoms with Crippen LogP contribution in [0.25, 0.3) is 0 Å². The van der Waals surface area contributed by atoms with Crippen molar-refractivity contribution >= 4 is 28.9 Å². The molecule has 2 atom stereocenters. The van der Waals surface area contributed by atoms with Crippen LogP contribution < -0.4 is 5.32 Å². The molecule has 6 heteroatoms. The summed E-state index contributed by atoms with van der Waals surface area (Å²) in [5, 5.41) is 4.67. The zero-order chi connectivity index (χ0) is 16.2. The van der Waals surface area contributed by atoms with Gasteiger partial charge in [0.2, 0.25) is 5.91 Å². The van der Waals surface area contributed by atoms with E-state index in [2.05, 4.69) is 10.2 Å². The summed E-state index contributed by atoms with van der Waals surface area (Å²) < 4.78 is 4.75. The van der Waals surface area contributed by atoms with Crippen LogP contribution in [-0.2, 0) is 9.53 Å². The van der Waals surface area contributed by atoms with Gasteiger partial charge in [-0.1, -0.05) is 12.8 Å². The number of amides is 1. The molecule has 3 rings (SSSR count). The lowest BCUT2D eigenvalue weighted by molar-refractivity contribution is -0.118. The molecular formula is C17H24N2O3S. The molecule has 1 aliphatic carbocycles. The summed E-state index contributed by atoms with van der Waals surface area (Å²) in [6.45, 7) is 1.42. The Morgan fingerprint density at radius 3 is 2.91 bits per heavy atom. The Balaban J connectivity index is 1.61. The predicted octanol–water partition coefficient (Wildman–Crippen LogP) is 3.13. The number of carbonyl (C=O) groups is 2. The average Bonchev–Trinajstić information content (AvgIpc) is 3.02. The minimum absolute atomic E-state index is 0.0419. The minimum Gasteiger partial charge on any atom is -0.465 e. The molecule has 2 fully saturated rings. The van der Waals surface area contributed by atoms with E-state index in [1.54, 1.807) is 11.4 Å². The Kier molecular flexibility index (Phi) is 5.33. The van der Waals surface area contributed by atoms with Gasteiger partial charge < -0.3 is 10.1 Å². The van der Waals surface area contributed by atoms with Crippen molar-refractivity contribution in [1.82, 2.24) is 4.90 Å². The Bertz CT molecular complexity index is 570. The second-order valence-corrected chi connectivity index (χ2v) is 7.34. The Hall–Kier alpha value is -1.40. The molecule has 2 heterocycles. The van der Waals surface area contributed by atoms with Crippen LogP contribution in [-0.4, -0.2) is 43.0 Å². The molecule has 1 aliphatic heterocycles. The monoisotopic (exact) mass is 336 g/mol. The van der Waals surface area contributed by atoms with E-state index in [-0.39, 0.29) is 5.91 Å². The summed E-state index contributed by atoms with van der Waals surface area (Å²) in [5.41, 5.74) is 0.559. The van der Waals surface area contributed by atoms with Crippen molar-refractivity contribution in [3.63, 3.8) is 0 Å². The molecule has 0 radical (unpaired) electrons. The van der Waals surface area contributed by atoms with Crippen molar-refractivity contribution in [3.05, 3.63) is 16.3 Å². The lowest BCUT2D eigenvalue weighted by Gasteiger charge is -2.43. The highest BCUT2D eigenvalue weighted by molar-refractivity contribution is 7.12. The number of piperidine rings is 1. The fraction of sp³-hybridized carbons (Fsp3) is 0.647. The van der Waals surface area contributed by atoms with Crippen LogP contribution in [0.3, 0.4) is 0 Å². The van der Waals surface area contributed by atoms with Crippen molar-refractivity contribution in [2.24, 2.45) is 5.92 Å². The Morgan fingerprint density at radius 2 is 2.09 bits per heavy atom. The van der Waals surface area contributed by atoms with Crippen molar-refractivity contribution in [2.45, 2.75) is 44.6 Å². The van der Waals surface area contributed by atoms with E-state index in [4.69, 9.17) is 4.74 Å². The molecule has 0 bridgehead atoms. The zero-order valence-corrected chi connectivity index (χ0v) is 14.4. The summed E-state index contributed by atoms with van der Waals surface area (Å²) in [4.78, 5) is 26.9. The first-order valence-corrected chi connectivity index (χ1v) is 9.26. The van der Waals surface area contributed by atoms with E-state index < -0.39 is 5.97 Å². The van der Waals surface area contributed by atoms with Gasteiger partial charge in [-0.05, 0) is 49.6 Å².